The molecule has 1 radical (unpaired) electrons. The van der Waals surface area contributed by atoms with Crippen LogP contribution in [0.1, 0.15) is 0 Å². The molecule has 0 aliphatic carbocycles. The summed E-state index contributed by atoms with van der Waals surface area (Å²) in [6.45, 7) is 0. The zero-order valence-corrected chi connectivity index (χ0v) is 8.44. The highest BCUT2D eigenvalue weighted by atomic mass is 16.3. The summed E-state index contributed by atoms with van der Waals surface area (Å²) >= 11 is 0. The lowest BCUT2D eigenvalue weighted by Gasteiger charge is -2.04. The van der Waals surface area contributed by atoms with Crippen LogP contribution in [0.25, 0.3) is 22.0 Å². The maximum Gasteiger partial charge on any atom is 0.124 e. The summed E-state index contributed by atoms with van der Waals surface area (Å²) in [6, 6.07) is 14.1. The lowest BCUT2D eigenvalue weighted by molar-refractivity contribution is 0.477. The summed E-state index contributed by atoms with van der Waals surface area (Å²) in [6.07, 6.45) is 1.76. The van der Waals surface area contributed by atoms with Gasteiger partial charge in [-0.25, -0.2) is 0 Å². The second-order valence-electron chi connectivity index (χ2n) is 3.57. The largest absolute Gasteiger partial charge is 0.507 e. The quantitative estimate of drug-likeness (QED) is 0.647. The lowest BCUT2D eigenvalue weighted by Crippen LogP contribution is -1.81. The van der Waals surface area contributed by atoms with Crippen LogP contribution in [0.3, 0.4) is 0 Å². The van der Waals surface area contributed by atoms with Crippen molar-refractivity contribution in [2.24, 2.45) is 0 Å². The van der Waals surface area contributed by atoms with Crippen molar-refractivity contribution < 1.29 is 5.11 Å². The van der Waals surface area contributed by atoms with Gasteiger partial charge in [0.1, 0.15) is 5.75 Å². The molecule has 0 atom stereocenters. The smallest absolute Gasteiger partial charge is 0.124 e. The van der Waals surface area contributed by atoms with Crippen molar-refractivity contribution in [3.05, 3.63) is 48.7 Å². The number of nitrogens with one attached hydrogen (secondary N) is 1. The highest BCUT2D eigenvalue weighted by Crippen LogP contribution is 2.32. The van der Waals surface area contributed by atoms with E-state index in [1.807, 2.05) is 18.2 Å². The van der Waals surface area contributed by atoms with Crippen LogP contribution in [0.15, 0.2) is 42.6 Å². The predicted molar refractivity (Wildman–Crippen MR) is 62.0 cm³/mol. The third kappa shape index (κ3) is 1.26. The second kappa shape index (κ2) is 3.38. The molecule has 0 bridgehead atoms. The summed E-state index contributed by atoms with van der Waals surface area (Å²) in [7, 11) is 0. The number of fused-ring (bicyclic) bond motifs is 1. The minimum absolute atomic E-state index is 0.226. The highest BCUT2D eigenvalue weighted by Gasteiger charge is 2.08. The minimum atomic E-state index is 0.226. The average Bonchev–Trinajstić information content (AvgIpc) is 2.77. The highest BCUT2D eigenvalue weighted by molar-refractivity contribution is 5.94. The van der Waals surface area contributed by atoms with Crippen LogP contribution < -0.4 is 0 Å². The molecule has 3 rings (SSSR count). The van der Waals surface area contributed by atoms with E-state index in [2.05, 4.69) is 16.3 Å². The van der Waals surface area contributed by atoms with E-state index >= 15 is 0 Å². The molecule has 3 nitrogen and oxygen atoms in total. The van der Waals surface area contributed by atoms with Crippen molar-refractivity contribution in [2.75, 3.05) is 0 Å². The maximum atomic E-state index is 9.80. The molecule has 0 aliphatic heterocycles. The number of aromatic amines is 1. The summed E-state index contributed by atoms with van der Waals surface area (Å²) in [4.78, 5) is 0. The first kappa shape index (κ1) is 8.97. The molecular formula is C13H9N2O. The van der Waals surface area contributed by atoms with Gasteiger partial charge in [0.15, 0.2) is 0 Å². The van der Waals surface area contributed by atoms with Crippen molar-refractivity contribution in [3.63, 3.8) is 0 Å². The third-order valence-corrected chi connectivity index (χ3v) is 2.58. The molecule has 0 unspecified atom stereocenters. The first-order valence-corrected chi connectivity index (χ1v) is 4.98. The zero-order valence-electron chi connectivity index (χ0n) is 8.44. The van der Waals surface area contributed by atoms with Gasteiger partial charge in [-0.1, -0.05) is 30.3 Å². The average molecular weight is 209 g/mol. The van der Waals surface area contributed by atoms with Gasteiger partial charge in [-0.15, -0.1) is 0 Å². The van der Waals surface area contributed by atoms with Crippen LogP contribution in [-0.4, -0.2) is 15.3 Å². The number of hydrogen-bond acceptors (Lipinski definition) is 2. The van der Waals surface area contributed by atoms with Gasteiger partial charge in [-0.05, 0) is 12.1 Å². The van der Waals surface area contributed by atoms with Gasteiger partial charge in [0, 0.05) is 16.5 Å². The maximum absolute atomic E-state index is 9.80. The minimum Gasteiger partial charge on any atom is -0.507 e. The Bertz CT molecular complexity index is 643. The summed E-state index contributed by atoms with van der Waals surface area (Å²) < 4.78 is 0. The van der Waals surface area contributed by atoms with Gasteiger partial charge in [-0.3, -0.25) is 5.10 Å². The fourth-order valence-electron chi connectivity index (χ4n) is 1.82. The van der Waals surface area contributed by atoms with E-state index in [4.69, 9.17) is 0 Å². The number of rotatable bonds is 1. The molecule has 0 fully saturated rings. The van der Waals surface area contributed by atoms with E-state index in [9.17, 15) is 5.11 Å². The Morgan fingerprint density at radius 3 is 3.00 bits per heavy atom. The second-order valence-corrected chi connectivity index (χ2v) is 3.57. The fraction of sp³-hybridized carbons (Fsp3) is 0. The standard InChI is InChI=1S/C13H9N2O/c16-12-7-2-1-5-10(12)11-6-3-4-9-8-14-15-13(9)11/h1-4,6-8,16H,(H,14,15). The van der Waals surface area contributed by atoms with Gasteiger partial charge in [0.2, 0.25) is 0 Å². The van der Waals surface area contributed by atoms with E-state index in [0.717, 1.165) is 16.5 Å². The predicted octanol–water partition coefficient (Wildman–Crippen LogP) is 2.74. The molecule has 3 heteroatoms. The Balaban J connectivity index is 2.34. The van der Waals surface area contributed by atoms with Gasteiger partial charge < -0.3 is 5.11 Å². The van der Waals surface area contributed by atoms with E-state index in [1.54, 1.807) is 24.4 Å². The number of nitrogens with zero attached hydrogens (tertiary/aromatic N) is 1. The number of aromatic nitrogens is 2. The monoisotopic (exact) mass is 209 g/mol. The fourth-order valence-corrected chi connectivity index (χ4v) is 1.82. The number of benzene rings is 2. The van der Waals surface area contributed by atoms with E-state index in [1.165, 1.54) is 0 Å². The Labute approximate surface area is 92.4 Å². The Hall–Kier alpha value is -2.29. The molecule has 0 saturated carbocycles. The van der Waals surface area contributed by atoms with Gasteiger partial charge in [0.05, 0.1) is 11.7 Å². The first-order valence-electron chi connectivity index (χ1n) is 4.98. The van der Waals surface area contributed by atoms with Gasteiger partial charge in [0.25, 0.3) is 0 Å². The van der Waals surface area contributed by atoms with Gasteiger partial charge in [-0.2, -0.15) is 5.10 Å². The molecule has 3 aromatic rings. The molecular weight excluding hydrogens is 200 g/mol. The molecule has 2 N–H and O–H groups in total. The molecule has 77 valence electrons. The third-order valence-electron chi connectivity index (χ3n) is 2.58. The van der Waals surface area contributed by atoms with Crippen LogP contribution in [0.4, 0.5) is 0 Å². The molecule has 1 aromatic heterocycles. The molecule has 0 spiro atoms. The first-order chi connectivity index (χ1) is 7.86. The normalized spacial score (nSPS) is 10.8. The zero-order chi connectivity index (χ0) is 11.0. The molecule has 0 amide bonds. The number of phenols is 1. The Morgan fingerprint density at radius 1 is 1.19 bits per heavy atom. The Kier molecular flexibility index (Phi) is 1.90. The number of H-pyrrole nitrogens is 1. The molecule has 16 heavy (non-hydrogen) atoms. The summed E-state index contributed by atoms with van der Waals surface area (Å²) in [5, 5.41) is 17.7. The van der Waals surface area contributed by atoms with Crippen molar-refractivity contribution in [2.45, 2.75) is 0 Å². The van der Waals surface area contributed by atoms with Gasteiger partial charge >= 0.3 is 0 Å². The van der Waals surface area contributed by atoms with Crippen molar-refractivity contribution >= 4 is 10.9 Å². The number of hydrogen-bond donors (Lipinski definition) is 2. The van der Waals surface area contributed by atoms with Crippen LogP contribution >= 0.6 is 0 Å². The Morgan fingerprint density at radius 2 is 2.12 bits per heavy atom. The van der Waals surface area contributed by atoms with Crippen molar-refractivity contribution in [1.82, 2.24) is 10.2 Å². The topological polar surface area (TPSA) is 48.9 Å². The van der Waals surface area contributed by atoms with E-state index in [-0.39, 0.29) is 5.75 Å². The number of aromatic hydroxyl groups is 1. The summed E-state index contributed by atoms with van der Waals surface area (Å²) in [5.41, 5.74) is 2.52. The molecule has 0 saturated heterocycles. The van der Waals surface area contributed by atoms with E-state index in [0.29, 0.717) is 5.56 Å². The number of para-hydroxylation sites is 1. The summed E-state index contributed by atoms with van der Waals surface area (Å²) in [5.74, 6) is 0.226. The lowest BCUT2D eigenvalue weighted by atomic mass is 10.0. The van der Waals surface area contributed by atoms with Crippen LogP contribution in [0.2, 0.25) is 0 Å². The van der Waals surface area contributed by atoms with Crippen LogP contribution in [0.5, 0.6) is 5.75 Å². The van der Waals surface area contributed by atoms with Crippen molar-refractivity contribution in [1.29, 1.82) is 0 Å². The van der Waals surface area contributed by atoms with Crippen molar-refractivity contribution in [3.8, 4) is 16.9 Å². The van der Waals surface area contributed by atoms with E-state index < -0.39 is 0 Å². The molecule has 0 aliphatic rings. The van der Waals surface area contributed by atoms with Crippen LogP contribution in [0, 0.1) is 6.07 Å². The molecule has 2 aromatic carbocycles. The number of phenolic OH excluding ortho intramolecular Hbond substituents is 1. The SMILES string of the molecule is Oc1ccc[c]c1-c1cccc2cn[nH]c12. The molecule has 1 heterocycles. The van der Waals surface area contributed by atoms with Crippen LogP contribution in [-0.2, 0) is 0 Å².